The number of rotatable bonds is 7. The van der Waals surface area contributed by atoms with E-state index in [1.807, 2.05) is 0 Å². The highest BCUT2D eigenvalue weighted by Gasteiger charge is 2.04. The average molecular weight is 236 g/mol. The summed E-state index contributed by atoms with van der Waals surface area (Å²) in [6.07, 6.45) is 0.807. The quantitative estimate of drug-likeness (QED) is 0.712. The fourth-order valence-electron chi connectivity index (χ4n) is 1.72. The van der Waals surface area contributed by atoms with Crippen LogP contribution in [0.25, 0.3) is 0 Å². The van der Waals surface area contributed by atoms with Gasteiger partial charge in [0.05, 0.1) is 0 Å². The third-order valence-electron chi connectivity index (χ3n) is 3.09. The van der Waals surface area contributed by atoms with Gasteiger partial charge < -0.3 is 15.3 Å². The molecule has 96 valence electrons. The lowest BCUT2D eigenvalue weighted by Gasteiger charge is -2.19. The zero-order chi connectivity index (χ0) is 12.7. The molecule has 0 saturated carbocycles. The van der Waals surface area contributed by atoms with Crippen molar-refractivity contribution in [3.8, 4) is 0 Å². The van der Waals surface area contributed by atoms with Crippen molar-refractivity contribution in [2.45, 2.75) is 26.3 Å². The van der Waals surface area contributed by atoms with Crippen molar-refractivity contribution >= 4 is 5.69 Å². The molecule has 0 spiro atoms. The average Bonchev–Trinajstić information content (AvgIpc) is 2.38. The van der Waals surface area contributed by atoms with Gasteiger partial charge in [0.15, 0.2) is 0 Å². The molecule has 1 rings (SSSR count). The fourth-order valence-corrected chi connectivity index (χ4v) is 1.72. The third-order valence-corrected chi connectivity index (χ3v) is 3.09. The zero-order valence-corrected chi connectivity index (χ0v) is 11.1. The summed E-state index contributed by atoms with van der Waals surface area (Å²) in [6, 6.07) is 8.98. The second-order valence-corrected chi connectivity index (χ2v) is 4.36. The Balaban J connectivity index is 2.54. The monoisotopic (exact) mass is 236 g/mol. The molecule has 0 saturated heterocycles. The standard InChI is InChI=1S/C14H24N2O/c1-4-16(3)14-8-6-13(7-9-14)12(2)15-10-5-11-17/h6-9,12,15,17H,4-5,10-11H2,1-3H3. The van der Waals surface area contributed by atoms with E-state index >= 15 is 0 Å². The molecule has 0 bridgehead atoms. The molecule has 2 N–H and O–H groups in total. The number of nitrogens with one attached hydrogen (secondary N) is 1. The number of aliphatic hydroxyl groups excluding tert-OH is 1. The molecule has 0 radical (unpaired) electrons. The molecule has 1 unspecified atom stereocenters. The van der Waals surface area contributed by atoms with E-state index < -0.39 is 0 Å². The zero-order valence-electron chi connectivity index (χ0n) is 11.1. The molecule has 3 nitrogen and oxygen atoms in total. The molecule has 0 aliphatic heterocycles. The molecular weight excluding hydrogens is 212 g/mol. The van der Waals surface area contributed by atoms with E-state index in [1.165, 1.54) is 11.3 Å². The molecule has 0 aliphatic carbocycles. The number of anilines is 1. The maximum absolute atomic E-state index is 8.73. The summed E-state index contributed by atoms with van der Waals surface area (Å²) in [5, 5.41) is 12.1. The summed E-state index contributed by atoms with van der Waals surface area (Å²) in [5.74, 6) is 0. The molecule has 17 heavy (non-hydrogen) atoms. The van der Waals surface area contributed by atoms with Crippen LogP contribution >= 0.6 is 0 Å². The van der Waals surface area contributed by atoms with Crippen LogP contribution in [0.15, 0.2) is 24.3 Å². The van der Waals surface area contributed by atoms with E-state index in [0.717, 1.165) is 19.5 Å². The SMILES string of the molecule is CCN(C)c1ccc(C(C)NCCCO)cc1. The van der Waals surface area contributed by atoms with Gasteiger partial charge in [-0.2, -0.15) is 0 Å². The Morgan fingerprint density at radius 2 is 1.94 bits per heavy atom. The van der Waals surface area contributed by atoms with Crippen molar-refractivity contribution < 1.29 is 5.11 Å². The summed E-state index contributed by atoms with van der Waals surface area (Å²) >= 11 is 0. The molecule has 0 aromatic heterocycles. The van der Waals surface area contributed by atoms with Gasteiger partial charge in [-0.05, 0) is 44.5 Å². The van der Waals surface area contributed by atoms with Crippen LogP contribution in [-0.2, 0) is 0 Å². The van der Waals surface area contributed by atoms with Crippen molar-refractivity contribution in [2.75, 3.05) is 31.6 Å². The van der Waals surface area contributed by atoms with Crippen LogP contribution in [0.5, 0.6) is 0 Å². The van der Waals surface area contributed by atoms with E-state index in [-0.39, 0.29) is 6.61 Å². The molecule has 1 aromatic carbocycles. The second kappa shape index (κ2) is 7.30. The lowest BCUT2D eigenvalue weighted by atomic mass is 10.1. The molecular formula is C14H24N2O. The maximum atomic E-state index is 8.73. The van der Waals surface area contributed by atoms with Crippen LogP contribution in [0.4, 0.5) is 5.69 Å². The van der Waals surface area contributed by atoms with Crippen LogP contribution in [0.3, 0.4) is 0 Å². The van der Waals surface area contributed by atoms with Crippen molar-refractivity contribution in [2.24, 2.45) is 0 Å². The lowest BCUT2D eigenvalue weighted by molar-refractivity contribution is 0.284. The fraction of sp³-hybridized carbons (Fsp3) is 0.571. The first-order chi connectivity index (χ1) is 8.19. The largest absolute Gasteiger partial charge is 0.396 e. The normalized spacial score (nSPS) is 12.5. The lowest BCUT2D eigenvalue weighted by Crippen LogP contribution is -2.21. The molecule has 3 heteroatoms. The van der Waals surface area contributed by atoms with E-state index in [2.05, 4.69) is 55.4 Å². The number of hydrogen-bond donors (Lipinski definition) is 2. The summed E-state index contributed by atoms with van der Waals surface area (Å²) in [7, 11) is 2.10. The van der Waals surface area contributed by atoms with Crippen LogP contribution in [-0.4, -0.2) is 31.9 Å². The van der Waals surface area contributed by atoms with Crippen LogP contribution in [0.2, 0.25) is 0 Å². The maximum Gasteiger partial charge on any atom is 0.0443 e. The summed E-state index contributed by atoms with van der Waals surface area (Å²) in [5.41, 5.74) is 2.54. The van der Waals surface area contributed by atoms with Crippen molar-refractivity contribution in [3.63, 3.8) is 0 Å². The van der Waals surface area contributed by atoms with E-state index in [4.69, 9.17) is 5.11 Å². The summed E-state index contributed by atoms with van der Waals surface area (Å²) < 4.78 is 0. The van der Waals surface area contributed by atoms with E-state index in [1.54, 1.807) is 0 Å². The van der Waals surface area contributed by atoms with Gasteiger partial charge in [-0.3, -0.25) is 0 Å². The highest BCUT2D eigenvalue weighted by Crippen LogP contribution is 2.18. The van der Waals surface area contributed by atoms with Gasteiger partial charge in [-0.1, -0.05) is 12.1 Å². The molecule has 0 amide bonds. The second-order valence-electron chi connectivity index (χ2n) is 4.36. The van der Waals surface area contributed by atoms with Gasteiger partial charge in [-0.25, -0.2) is 0 Å². The minimum absolute atomic E-state index is 0.250. The van der Waals surface area contributed by atoms with Gasteiger partial charge >= 0.3 is 0 Å². The Bertz CT molecular complexity index is 311. The van der Waals surface area contributed by atoms with E-state index in [0.29, 0.717) is 6.04 Å². The van der Waals surface area contributed by atoms with Gasteiger partial charge in [0, 0.05) is 31.9 Å². The molecule has 1 aromatic rings. The first-order valence-corrected chi connectivity index (χ1v) is 6.34. The highest BCUT2D eigenvalue weighted by molar-refractivity contribution is 5.47. The molecule has 0 fully saturated rings. The van der Waals surface area contributed by atoms with Gasteiger partial charge in [0.2, 0.25) is 0 Å². The Morgan fingerprint density at radius 3 is 2.47 bits per heavy atom. The Kier molecular flexibility index (Phi) is 6.01. The topological polar surface area (TPSA) is 35.5 Å². The Labute approximate surface area is 104 Å². The first-order valence-electron chi connectivity index (χ1n) is 6.34. The predicted molar refractivity (Wildman–Crippen MR) is 73.5 cm³/mol. The van der Waals surface area contributed by atoms with Crippen molar-refractivity contribution in [1.82, 2.24) is 5.32 Å². The first kappa shape index (κ1) is 14.0. The molecule has 1 atom stereocenters. The molecule has 0 aliphatic rings. The third kappa shape index (κ3) is 4.36. The summed E-state index contributed by atoms with van der Waals surface area (Å²) in [4.78, 5) is 2.22. The highest BCUT2D eigenvalue weighted by atomic mass is 16.3. The van der Waals surface area contributed by atoms with Gasteiger partial charge in [0.1, 0.15) is 0 Å². The Morgan fingerprint density at radius 1 is 1.29 bits per heavy atom. The van der Waals surface area contributed by atoms with Crippen molar-refractivity contribution in [3.05, 3.63) is 29.8 Å². The Hall–Kier alpha value is -1.06. The minimum Gasteiger partial charge on any atom is -0.396 e. The predicted octanol–water partition coefficient (Wildman–Crippen LogP) is 2.18. The van der Waals surface area contributed by atoms with Crippen LogP contribution in [0.1, 0.15) is 31.9 Å². The number of hydrogen-bond acceptors (Lipinski definition) is 3. The van der Waals surface area contributed by atoms with Crippen LogP contribution in [0, 0.1) is 0 Å². The number of nitrogens with zero attached hydrogens (tertiary/aromatic N) is 1. The molecule has 0 heterocycles. The van der Waals surface area contributed by atoms with E-state index in [9.17, 15) is 0 Å². The number of aliphatic hydroxyl groups is 1. The smallest absolute Gasteiger partial charge is 0.0443 e. The van der Waals surface area contributed by atoms with Crippen LogP contribution < -0.4 is 10.2 Å². The number of benzene rings is 1. The van der Waals surface area contributed by atoms with Gasteiger partial charge in [0.25, 0.3) is 0 Å². The summed E-state index contributed by atoms with van der Waals surface area (Å²) in [6.45, 7) is 6.42. The van der Waals surface area contributed by atoms with Crippen molar-refractivity contribution in [1.29, 1.82) is 0 Å². The minimum atomic E-state index is 0.250. The van der Waals surface area contributed by atoms with Gasteiger partial charge in [-0.15, -0.1) is 0 Å².